The molecule has 0 spiro atoms. The summed E-state index contributed by atoms with van der Waals surface area (Å²) in [6, 6.07) is 15.4. The van der Waals surface area contributed by atoms with Crippen LogP contribution in [0.5, 0.6) is 0 Å². The molecule has 2 aromatic carbocycles. The van der Waals surface area contributed by atoms with Crippen LogP contribution in [0.4, 0.5) is 0 Å². The molecule has 0 aliphatic carbocycles. The number of hydrogen-bond donors (Lipinski definition) is 1. The summed E-state index contributed by atoms with van der Waals surface area (Å²) in [6.45, 7) is 2.06. The average Bonchev–Trinajstić information content (AvgIpc) is 2.33. The lowest BCUT2D eigenvalue weighted by molar-refractivity contribution is 0.0697. The van der Waals surface area contributed by atoms with Crippen LogP contribution in [0.1, 0.15) is 27.0 Å². The minimum absolute atomic E-state index is 0.331. The van der Waals surface area contributed by atoms with E-state index in [1.54, 1.807) is 12.1 Å². The van der Waals surface area contributed by atoms with Crippen LogP contribution >= 0.6 is 0 Å². The Morgan fingerprint density at radius 2 is 1.41 bits per heavy atom. The molecule has 0 bridgehead atoms. The summed E-state index contributed by atoms with van der Waals surface area (Å²) in [4.78, 5) is 10.7. The molecule has 2 heteroatoms. The standard InChI is InChI=1S/C15H14O2/c1-11-2-4-12(5-3-11)10-13-6-8-14(9-7-13)15(16)17/h2-9H,10H2,1H3,(H,16,17). The first-order valence-electron chi connectivity index (χ1n) is 5.53. The van der Waals surface area contributed by atoms with E-state index in [4.69, 9.17) is 5.11 Å². The first-order valence-corrected chi connectivity index (χ1v) is 5.53. The summed E-state index contributed by atoms with van der Waals surface area (Å²) in [5, 5.41) is 8.80. The van der Waals surface area contributed by atoms with Gasteiger partial charge in [0.25, 0.3) is 0 Å². The molecular weight excluding hydrogens is 212 g/mol. The summed E-state index contributed by atoms with van der Waals surface area (Å²) in [5.41, 5.74) is 3.94. The fourth-order valence-corrected chi connectivity index (χ4v) is 1.71. The molecule has 0 saturated carbocycles. The van der Waals surface area contributed by atoms with E-state index in [0.29, 0.717) is 5.56 Å². The van der Waals surface area contributed by atoms with E-state index in [1.165, 1.54) is 11.1 Å². The zero-order valence-corrected chi connectivity index (χ0v) is 9.68. The summed E-state index contributed by atoms with van der Waals surface area (Å²) >= 11 is 0. The maximum atomic E-state index is 10.7. The molecule has 2 rings (SSSR count). The van der Waals surface area contributed by atoms with Gasteiger partial charge in [-0.15, -0.1) is 0 Å². The van der Waals surface area contributed by atoms with E-state index in [-0.39, 0.29) is 0 Å². The van der Waals surface area contributed by atoms with Crippen LogP contribution in [-0.4, -0.2) is 11.1 Å². The molecule has 0 aromatic heterocycles. The van der Waals surface area contributed by atoms with Crippen LogP contribution in [0.25, 0.3) is 0 Å². The van der Waals surface area contributed by atoms with Gasteiger partial charge < -0.3 is 5.11 Å². The normalized spacial score (nSPS) is 10.2. The second-order valence-electron chi connectivity index (χ2n) is 4.16. The smallest absolute Gasteiger partial charge is 0.335 e. The lowest BCUT2D eigenvalue weighted by Gasteiger charge is -2.03. The van der Waals surface area contributed by atoms with Crippen LogP contribution in [0, 0.1) is 6.92 Å². The Balaban J connectivity index is 2.13. The molecule has 0 aliphatic rings. The highest BCUT2D eigenvalue weighted by atomic mass is 16.4. The van der Waals surface area contributed by atoms with Gasteiger partial charge in [-0.25, -0.2) is 4.79 Å². The number of benzene rings is 2. The summed E-state index contributed by atoms with van der Waals surface area (Å²) in [6.07, 6.45) is 0.834. The number of aryl methyl sites for hydroxylation is 1. The van der Waals surface area contributed by atoms with Gasteiger partial charge in [-0.05, 0) is 36.6 Å². The maximum absolute atomic E-state index is 10.7. The van der Waals surface area contributed by atoms with Crippen molar-refractivity contribution >= 4 is 5.97 Å². The minimum Gasteiger partial charge on any atom is -0.478 e. The predicted molar refractivity (Wildman–Crippen MR) is 67.4 cm³/mol. The number of rotatable bonds is 3. The van der Waals surface area contributed by atoms with Gasteiger partial charge in [0.1, 0.15) is 0 Å². The Kier molecular flexibility index (Phi) is 3.24. The van der Waals surface area contributed by atoms with Crippen LogP contribution < -0.4 is 0 Å². The number of carboxylic acids is 1. The predicted octanol–water partition coefficient (Wildman–Crippen LogP) is 3.28. The van der Waals surface area contributed by atoms with Crippen molar-refractivity contribution < 1.29 is 9.90 Å². The highest BCUT2D eigenvalue weighted by Gasteiger charge is 2.02. The Morgan fingerprint density at radius 1 is 0.941 bits per heavy atom. The minimum atomic E-state index is -0.883. The van der Waals surface area contributed by atoms with Crippen LogP contribution in [0.15, 0.2) is 48.5 Å². The third kappa shape index (κ3) is 2.94. The van der Waals surface area contributed by atoms with Gasteiger partial charge in [0, 0.05) is 0 Å². The van der Waals surface area contributed by atoms with Gasteiger partial charge in [0.15, 0.2) is 0 Å². The average molecular weight is 226 g/mol. The Labute approximate surface area is 101 Å². The van der Waals surface area contributed by atoms with E-state index < -0.39 is 5.97 Å². The molecule has 0 heterocycles. The molecule has 2 aromatic rings. The Morgan fingerprint density at radius 3 is 1.88 bits per heavy atom. The van der Waals surface area contributed by atoms with Gasteiger partial charge in [-0.3, -0.25) is 0 Å². The molecule has 0 aliphatic heterocycles. The van der Waals surface area contributed by atoms with Crippen LogP contribution in [0.2, 0.25) is 0 Å². The van der Waals surface area contributed by atoms with E-state index >= 15 is 0 Å². The van der Waals surface area contributed by atoms with E-state index in [1.807, 2.05) is 12.1 Å². The van der Waals surface area contributed by atoms with Crippen molar-refractivity contribution in [3.8, 4) is 0 Å². The monoisotopic (exact) mass is 226 g/mol. The topological polar surface area (TPSA) is 37.3 Å². The molecule has 17 heavy (non-hydrogen) atoms. The summed E-state index contributed by atoms with van der Waals surface area (Å²) < 4.78 is 0. The lowest BCUT2D eigenvalue weighted by Crippen LogP contribution is -1.96. The Bertz CT molecular complexity index is 510. The maximum Gasteiger partial charge on any atom is 0.335 e. The number of carboxylic acid groups (broad SMARTS) is 1. The Hall–Kier alpha value is -2.09. The zero-order valence-electron chi connectivity index (χ0n) is 9.68. The molecule has 0 radical (unpaired) electrons. The number of hydrogen-bond acceptors (Lipinski definition) is 1. The quantitative estimate of drug-likeness (QED) is 0.872. The van der Waals surface area contributed by atoms with Gasteiger partial charge >= 0.3 is 5.97 Å². The van der Waals surface area contributed by atoms with E-state index in [2.05, 4.69) is 31.2 Å². The van der Waals surface area contributed by atoms with Crippen molar-refractivity contribution in [2.75, 3.05) is 0 Å². The van der Waals surface area contributed by atoms with Crippen LogP contribution in [0.3, 0.4) is 0 Å². The van der Waals surface area contributed by atoms with Crippen molar-refractivity contribution in [2.45, 2.75) is 13.3 Å². The number of aromatic carboxylic acids is 1. The third-order valence-corrected chi connectivity index (χ3v) is 2.73. The largest absolute Gasteiger partial charge is 0.478 e. The van der Waals surface area contributed by atoms with Gasteiger partial charge in [0.05, 0.1) is 5.56 Å². The van der Waals surface area contributed by atoms with Crippen molar-refractivity contribution in [1.82, 2.24) is 0 Å². The number of carbonyl (C=O) groups is 1. The van der Waals surface area contributed by atoms with Crippen molar-refractivity contribution in [3.05, 3.63) is 70.8 Å². The zero-order chi connectivity index (χ0) is 12.3. The molecule has 0 fully saturated rings. The van der Waals surface area contributed by atoms with Crippen molar-refractivity contribution in [1.29, 1.82) is 0 Å². The summed E-state index contributed by atoms with van der Waals surface area (Å²) in [5.74, 6) is -0.883. The van der Waals surface area contributed by atoms with Crippen LogP contribution in [-0.2, 0) is 6.42 Å². The molecule has 0 unspecified atom stereocenters. The third-order valence-electron chi connectivity index (χ3n) is 2.73. The molecule has 0 amide bonds. The lowest BCUT2D eigenvalue weighted by atomic mass is 10.0. The summed E-state index contributed by atoms with van der Waals surface area (Å²) in [7, 11) is 0. The van der Waals surface area contributed by atoms with Crippen molar-refractivity contribution in [2.24, 2.45) is 0 Å². The second kappa shape index (κ2) is 4.83. The first-order chi connectivity index (χ1) is 8.15. The first kappa shape index (κ1) is 11.4. The molecule has 0 saturated heterocycles. The highest BCUT2D eigenvalue weighted by molar-refractivity contribution is 5.87. The molecular formula is C15H14O2. The van der Waals surface area contributed by atoms with Gasteiger partial charge in [-0.1, -0.05) is 42.0 Å². The van der Waals surface area contributed by atoms with Crippen molar-refractivity contribution in [3.63, 3.8) is 0 Å². The van der Waals surface area contributed by atoms with Gasteiger partial charge in [0.2, 0.25) is 0 Å². The molecule has 2 nitrogen and oxygen atoms in total. The van der Waals surface area contributed by atoms with Gasteiger partial charge in [-0.2, -0.15) is 0 Å². The molecule has 86 valence electrons. The second-order valence-corrected chi connectivity index (χ2v) is 4.16. The highest BCUT2D eigenvalue weighted by Crippen LogP contribution is 2.11. The SMILES string of the molecule is Cc1ccc(Cc2ccc(C(=O)O)cc2)cc1. The molecule has 1 N–H and O–H groups in total. The fraction of sp³-hybridized carbons (Fsp3) is 0.133. The van der Waals surface area contributed by atoms with E-state index in [0.717, 1.165) is 12.0 Å². The molecule has 0 atom stereocenters. The van der Waals surface area contributed by atoms with E-state index in [9.17, 15) is 4.79 Å². The fourth-order valence-electron chi connectivity index (χ4n) is 1.71.